The summed E-state index contributed by atoms with van der Waals surface area (Å²) in [4.78, 5) is 25.0. The number of carbonyl (C=O) groups is 1. The topological polar surface area (TPSA) is 54.9 Å². The molecule has 1 aromatic carbocycles. The SMILES string of the molecule is CCn1[nH]cc(C(=O)c2ccc(Cl)c(C(C)=C(C)C)c2C)c1=O. The van der Waals surface area contributed by atoms with Crippen LogP contribution >= 0.6 is 11.6 Å². The normalized spacial score (nSPS) is 10.7. The molecule has 122 valence electrons. The first-order valence-electron chi connectivity index (χ1n) is 7.56. The third-order valence-electron chi connectivity index (χ3n) is 4.18. The number of aryl methyl sites for hydroxylation is 1. The summed E-state index contributed by atoms with van der Waals surface area (Å²) in [6.45, 7) is 10.2. The summed E-state index contributed by atoms with van der Waals surface area (Å²) in [6, 6.07) is 3.40. The van der Waals surface area contributed by atoms with E-state index in [9.17, 15) is 9.59 Å². The highest BCUT2D eigenvalue weighted by Gasteiger charge is 2.21. The van der Waals surface area contributed by atoms with Crippen LogP contribution in [0.15, 0.2) is 28.7 Å². The average Bonchev–Trinajstić information content (AvgIpc) is 2.87. The predicted molar refractivity (Wildman–Crippen MR) is 94.3 cm³/mol. The Morgan fingerprint density at radius 2 is 1.87 bits per heavy atom. The fourth-order valence-corrected chi connectivity index (χ4v) is 2.93. The van der Waals surface area contributed by atoms with E-state index >= 15 is 0 Å². The predicted octanol–water partition coefficient (Wildman–Crippen LogP) is 4.20. The highest BCUT2D eigenvalue weighted by Crippen LogP contribution is 2.31. The average molecular weight is 333 g/mol. The zero-order valence-electron chi connectivity index (χ0n) is 14.1. The van der Waals surface area contributed by atoms with Gasteiger partial charge in [0.05, 0.1) is 0 Å². The second kappa shape index (κ2) is 6.59. The molecule has 2 rings (SSSR count). The smallest absolute Gasteiger partial charge is 0.277 e. The van der Waals surface area contributed by atoms with Gasteiger partial charge in [-0.05, 0) is 63.5 Å². The summed E-state index contributed by atoms with van der Waals surface area (Å²) < 4.78 is 1.40. The summed E-state index contributed by atoms with van der Waals surface area (Å²) in [5.74, 6) is -0.282. The molecule has 0 spiro atoms. The number of carbonyl (C=O) groups excluding carboxylic acids is 1. The van der Waals surface area contributed by atoms with E-state index in [0.717, 1.165) is 22.3 Å². The second-order valence-electron chi connectivity index (χ2n) is 5.79. The second-order valence-corrected chi connectivity index (χ2v) is 6.19. The first-order chi connectivity index (χ1) is 10.8. The lowest BCUT2D eigenvalue weighted by Crippen LogP contribution is -2.21. The number of nitrogens with zero attached hydrogens (tertiary/aromatic N) is 1. The van der Waals surface area contributed by atoms with Crippen LogP contribution in [-0.2, 0) is 6.54 Å². The Labute approximate surface area is 140 Å². The molecule has 0 atom stereocenters. The Balaban J connectivity index is 2.63. The number of rotatable bonds is 4. The molecule has 4 nitrogen and oxygen atoms in total. The maximum absolute atomic E-state index is 12.8. The van der Waals surface area contributed by atoms with Crippen LogP contribution in [0.5, 0.6) is 0 Å². The van der Waals surface area contributed by atoms with Gasteiger partial charge in [-0.25, -0.2) is 0 Å². The quantitative estimate of drug-likeness (QED) is 0.853. The van der Waals surface area contributed by atoms with Crippen LogP contribution in [0.4, 0.5) is 0 Å². The van der Waals surface area contributed by atoms with Crippen LogP contribution in [0.2, 0.25) is 5.02 Å². The van der Waals surface area contributed by atoms with Crippen molar-refractivity contribution in [2.24, 2.45) is 0 Å². The van der Waals surface area contributed by atoms with Crippen molar-refractivity contribution in [3.05, 3.63) is 61.5 Å². The zero-order chi connectivity index (χ0) is 17.3. The number of halogens is 1. The van der Waals surface area contributed by atoms with Crippen LogP contribution in [0.25, 0.3) is 5.57 Å². The van der Waals surface area contributed by atoms with Gasteiger partial charge in [0.15, 0.2) is 5.78 Å². The zero-order valence-corrected chi connectivity index (χ0v) is 14.8. The minimum atomic E-state index is -0.299. The standard InChI is InChI=1S/C18H21ClN2O2/c1-6-21-18(23)14(9-20-21)17(22)13-7-8-15(19)16(12(13)5)11(4)10(2)3/h7-9,20H,6H2,1-5H3. The molecule has 0 saturated carbocycles. The van der Waals surface area contributed by atoms with Crippen LogP contribution in [0.3, 0.4) is 0 Å². The lowest BCUT2D eigenvalue weighted by Gasteiger charge is -2.14. The molecule has 0 radical (unpaired) electrons. The molecular weight excluding hydrogens is 312 g/mol. The van der Waals surface area contributed by atoms with Gasteiger partial charge in [0.1, 0.15) is 5.56 Å². The number of allylic oxidation sites excluding steroid dienone is 2. The molecule has 0 aliphatic rings. The number of H-pyrrole nitrogens is 1. The largest absolute Gasteiger partial charge is 0.302 e. The van der Waals surface area contributed by atoms with Gasteiger partial charge in [-0.1, -0.05) is 17.2 Å². The monoisotopic (exact) mass is 332 g/mol. The summed E-state index contributed by atoms with van der Waals surface area (Å²) in [5.41, 5.74) is 4.19. The van der Waals surface area contributed by atoms with E-state index in [2.05, 4.69) is 5.10 Å². The van der Waals surface area contributed by atoms with Crippen molar-refractivity contribution in [2.75, 3.05) is 0 Å². The molecule has 0 aliphatic carbocycles. The highest BCUT2D eigenvalue weighted by atomic mass is 35.5. The summed E-state index contributed by atoms with van der Waals surface area (Å²) >= 11 is 6.33. The Morgan fingerprint density at radius 3 is 2.39 bits per heavy atom. The van der Waals surface area contributed by atoms with Crippen LogP contribution in [-0.4, -0.2) is 15.6 Å². The molecular formula is C18H21ClN2O2. The first kappa shape index (κ1) is 17.3. The van der Waals surface area contributed by atoms with Crippen LogP contribution in [0, 0.1) is 6.92 Å². The van der Waals surface area contributed by atoms with E-state index in [0.29, 0.717) is 17.1 Å². The first-order valence-corrected chi connectivity index (χ1v) is 7.93. The Morgan fingerprint density at radius 1 is 1.22 bits per heavy atom. The molecule has 23 heavy (non-hydrogen) atoms. The molecule has 0 fully saturated rings. The van der Waals surface area contributed by atoms with E-state index in [1.807, 2.05) is 34.6 Å². The van der Waals surface area contributed by atoms with Crippen molar-refractivity contribution in [3.8, 4) is 0 Å². The molecule has 0 bridgehead atoms. The molecule has 0 unspecified atom stereocenters. The Kier molecular flexibility index (Phi) is 4.95. The van der Waals surface area contributed by atoms with Gasteiger partial charge in [-0.2, -0.15) is 0 Å². The Hall–Kier alpha value is -2.07. The van der Waals surface area contributed by atoms with Gasteiger partial charge in [-0.3, -0.25) is 14.3 Å². The summed E-state index contributed by atoms with van der Waals surface area (Å²) in [5, 5.41) is 3.42. The number of ketones is 1. The summed E-state index contributed by atoms with van der Waals surface area (Å²) in [6.07, 6.45) is 1.47. The van der Waals surface area contributed by atoms with Gasteiger partial charge in [-0.15, -0.1) is 0 Å². The number of hydrogen-bond donors (Lipinski definition) is 1. The van der Waals surface area contributed by atoms with E-state index in [1.165, 1.54) is 10.9 Å². The molecule has 5 heteroatoms. The molecule has 0 amide bonds. The van der Waals surface area contributed by atoms with E-state index in [1.54, 1.807) is 12.1 Å². The maximum atomic E-state index is 12.8. The summed E-state index contributed by atoms with van der Waals surface area (Å²) in [7, 11) is 0. The van der Waals surface area contributed by atoms with Gasteiger partial charge in [0.2, 0.25) is 0 Å². The number of hydrogen-bond acceptors (Lipinski definition) is 2. The lowest BCUT2D eigenvalue weighted by molar-refractivity contribution is 0.103. The third kappa shape index (κ3) is 3.04. The Bertz CT molecular complexity index is 852. The fourth-order valence-electron chi connectivity index (χ4n) is 2.59. The van der Waals surface area contributed by atoms with E-state index in [4.69, 9.17) is 11.6 Å². The molecule has 0 saturated heterocycles. The minimum absolute atomic E-state index is 0.151. The van der Waals surface area contributed by atoms with Crippen LogP contribution < -0.4 is 5.56 Å². The highest BCUT2D eigenvalue weighted by molar-refractivity contribution is 6.32. The molecule has 1 N–H and O–H groups in total. The van der Waals surface area contributed by atoms with Gasteiger partial charge < -0.3 is 5.10 Å². The minimum Gasteiger partial charge on any atom is -0.302 e. The van der Waals surface area contributed by atoms with Crippen molar-refractivity contribution in [2.45, 2.75) is 41.2 Å². The van der Waals surface area contributed by atoms with E-state index < -0.39 is 0 Å². The fraction of sp³-hybridized carbons (Fsp3) is 0.333. The van der Waals surface area contributed by atoms with Gasteiger partial charge >= 0.3 is 0 Å². The number of benzene rings is 1. The molecule has 1 heterocycles. The lowest BCUT2D eigenvalue weighted by atomic mass is 9.92. The van der Waals surface area contributed by atoms with Crippen molar-refractivity contribution in [1.82, 2.24) is 9.78 Å². The van der Waals surface area contributed by atoms with Crippen molar-refractivity contribution >= 4 is 23.0 Å². The van der Waals surface area contributed by atoms with Crippen LogP contribution in [0.1, 0.15) is 54.7 Å². The van der Waals surface area contributed by atoms with Crippen molar-refractivity contribution in [1.29, 1.82) is 0 Å². The molecule has 1 aromatic heterocycles. The third-order valence-corrected chi connectivity index (χ3v) is 4.50. The number of aromatic nitrogens is 2. The number of nitrogens with one attached hydrogen (secondary N) is 1. The van der Waals surface area contributed by atoms with Crippen molar-refractivity contribution in [3.63, 3.8) is 0 Å². The van der Waals surface area contributed by atoms with Crippen molar-refractivity contribution < 1.29 is 4.79 Å². The molecule has 2 aromatic rings. The maximum Gasteiger partial charge on any atom is 0.277 e. The van der Waals surface area contributed by atoms with Gasteiger partial charge in [0.25, 0.3) is 5.56 Å². The molecule has 0 aliphatic heterocycles. The van der Waals surface area contributed by atoms with Gasteiger partial charge in [0, 0.05) is 23.3 Å². The number of aromatic amines is 1. The van der Waals surface area contributed by atoms with E-state index in [-0.39, 0.29) is 16.9 Å².